The number of alkyl halides is 1. The molecule has 0 saturated carbocycles. The van der Waals surface area contributed by atoms with Gasteiger partial charge in [-0.05, 0) is 19.1 Å². The molecule has 0 atom stereocenters. The molecule has 0 N–H and O–H groups in total. The molecule has 0 saturated heterocycles. The summed E-state index contributed by atoms with van der Waals surface area (Å²) in [6.07, 6.45) is 0. The highest BCUT2D eigenvalue weighted by Crippen LogP contribution is 2.30. The van der Waals surface area contributed by atoms with Crippen molar-refractivity contribution in [2.75, 3.05) is 0 Å². The minimum absolute atomic E-state index is 0.0751. The molecule has 3 heteroatoms. The Morgan fingerprint density at radius 3 is 2.60 bits per heavy atom. The Hall–Kier alpha value is -1.87. The zero-order valence-electron chi connectivity index (χ0n) is 11.0. The molecule has 0 radical (unpaired) electrons. The van der Waals surface area contributed by atoms with Gasteiger partial charge in [-0.15, -0.1) is 0 Å². The summed E-state index contributed by atoms with van der Waals surface area (Å²) in [5.74, 6) is 0.350. The van der Waals surface area contributed by atoms with Crippen molar-refractivity contribution < 1.29 is 9.21 Å². The minimum atomic E-state index is -0.0751. The van der Waals surface area contributed by atoms with E-state index in [1.54, 1.807) is 12.1 Å². The summed E-state index contributed by atoms with van der Waals surface area (Å²) >= 11 is 3.46. The first-order valence-electron chi connectivity index (χ1n) is 6.38. The van der Waals surface area contributed by atoms with Gasteiger partial charge in [-0.25, -0.2) is 0 Å². The summed E-state index contributed by atoms with van der Waals surface area (Å²) in [5.41, 5.74) is 3.46. The van der Waals surface area contributed by atoms with E-state index in [0.29, 0.717) is 16.7 Å². The van der Waals surface area contributed by atoms with Gasteiger partial charge in [-0.2, -0.15) is 0 Å². The quantitative estimate of drug-likeness (QED) is 0.507. The predicted octanol–water partition coefficient (Wildman–Crippen LogP) is 4.87. The van der Waals surface area contributed by atoms with Crippen LogP contribution in [0.25, 0.3) is 11.0 Å². The molecular formula is C17H13BrO2. The number of hydrogen-bond donors (Lipinski definition) is 0. The van der Waals surface area contributed by atoms with Gasteiger partial charge in [0, 0.05) is 21.8 Å². The number of rotatable bonds is 3. The average Bonchev–Trinajstić information content (AvgIpc) is 2.85. The van der Waals surface area contributed by atoms with Gasteiger partial charge in [0.15, 0.2) is 5.76 Å². The van der Waals surface area contributed by atoms with Crippen molar-refractivity contribution >= 4 is 32.7 Å². The fourth-order valence-electron chi connectivity index (χ4n) is 2.30. The number of furan rings is 1. The fraction of sp³-hybridized carbons (Fsp3) is 0.118. The molecular weight excluding hydrogens is 316 g/mol. The highest BCUT2D eigenvalue weighted by Gasteiger charge is 2.20. The maximum Gasteiger partial charge on any atom is 0.228 e. The standard InChI is InChI=1S/C17H13BrO2/c1-11-7-8-15-13(9-11)14(10-18)17(20-15)16(19)12-5-3-2-4-6-12/h2-9H,10H2,1H3. The maximum atomic E-state index is 12.6. The van der Waals surface area contributed by atoms with Gasteiger partial charge >= 0.3 is 0 Å². The molecule has 1 aromatic heterocycles. The zero-order valence-corrected chi connectivity index (χ0v) is 12.6. The maximum absolute atomic E-state index is 12.6. The molecule has 0 fully saturated rings. The third kappa shape index (κ3) is 2.18. The fourth-order valence-corrected chi connectivity index (χ4v) is 2.86. The van der Waals surface area contributed by atoms with Crippen molar-refractivity contribution in [3.05, 3.63) is 71.0 Å². The lowest BCUT2D eigenvalue weighted by Gasteiger charge is -1.99. The van der Waals surface area contributed by atoms with Crippen molar-refractivity contribution in [1.82, 2.24) is 0 Å². The van der Waals surface area contributed by atoms with E-state index in [1.165, 1.54) is 0 Å². The number of benzene rings is 2. The molecule has 0 amide bonds. The Balaban J connectivity index is 2.19. The smallest absolute Gasteiger partial charge is 0.228 e. The number of fused-ring (bicyclic) bond motifs is 1. The van der Waals surface area contributed by atoms with E-state index in [-0.39, 0.29) is 5.78 Å². The Bertz CT molecular complexity index is 772. The summed E-state index contributed by atoms with van der Waals surface area (Å²) in [6.45, 7) is 2.03. The summed E-state index contributed by atoms with van der Waals surface area (Å²) in [4.78, 5) is 12.6. The number of hydrogen-bond acceptors (Lipinski definition) is 2. The largest absolute Gasteiger partial charge is 0.452 e. The lowest BCUT2D eigenvalue weighted by atomic mass is 10.0. The van der Waals surface area contributed by atoms with Crippen LogP contribution in [0.4, 0.5) is 0 Å². The van der Waals surface area contributed by atoms with Gasteiger partial charge in [0.2, 0.25) is 5.78 Å². The second-order valence-electron chi connectivity index (χ2n) is 4.74. The Kier molecular flexibility index (Phi) is 3.45. The molecule has 20 heavy (non-hydrogen) atoms. The molecule has 0 unspecified atom stereocenters. The second-order valence-corrected chi connectivity index (χ2v) is 5.30. The predicted molar refractivity (Wildman–Crippen MR) is 83.5 cm³/mol. The molecule has 100 valence electrons. The van der Waals surface area contributed by atoms with Crippen LogP contribution in [-0.2, 0) is 5.33 Å². The third-order valence-corrected chi connectivity index (χ3v) is 3.88. The monoisotopic (exact) mass is 328 g/mol. The molecule has 2 nitrogen and oxygen atoms in total. The first kappa shape index (κ1) is 13.1. The normalized spacial score (nSPS) is 10.9. The van der Waals surface area contributed by atoms with Crippen LogP contribution in [0.3, 0.4) is 0 Å². The van der Waals surface area contributed by atoms with Crippen LogP contribution in [0.1, 0.15) is 27.2 Å². The molecule has 0 spiro atoms. The lowest BCUT2D eigenvalue weighted by molar-refractivity contribution is 0.101. The van der Waals surface area contributed by atoms with E-state index in [4.69, 9.17) is 4.42 Å². The SMILES string of the molecule is Cc1ccc2oc(C(=O)c3ccccc3)c(CBr)c2c1. The van der Waals surface area contributed by atoms with Crippen molar-refractivity contribution in [3.8, 4) is 0 Å². The second kappa shape index (κ2) is 5.25. The van der Waals surface area contributed by atoms with Crippen LogP contribution in [0.5, 0.6) is 0 Å². The molecule has 0 bridgehead atoms. The number of aryl methyl sites for hydroxylation is 1. The molecule has 0 aliphatic heterocycles. The summed E-state index contributed by atoms with van der Waals surface area (Å²) in [7, 11) is 0. The van der Waals surface area contributed by atoms with Gasteiger partial charge in [-0.1, -0.05) is 57.9 Å². The van der Waals surface area contributed by atoms with Crippen LogP contribution >= 0.6 is 15.9 Å². The van der Waals surface area contributed by atoms with Crippen LogP contribution in [0, 0.1) is 6.92 Å². The van der Waals surface area contributed by atoms with Crippen molar-refractivity contribution in [3.63, 3.8) is 0 Å². The van der Waals surface area contributed by atoms with Gasteiger partial charge in [0.25, 0.3) is 0 Å². The molecule has 0 aliphatic carbocycles. The van der Waals surface area contributed by atoms with E-state index >= 15 is 0 Å². The third-order valence-electron chi connectivity index (χ3n) is 3.32. The van der Waals surface area contributed by atoms with Crippen LogP contribution in [0.2, 0.25) is 0 Å². The topological polar surface area (TPSA) is 30.2 Å². The number of halogens is 1. The lowest BCUT2D eigenvalue weighted by Crippen LogP contribution is -2.01. The Morgan fingerprint density at radius 1 is 1.15 bits per heavy atom. The van der Waals surface area contributed by atoms with Crippen molar-refractivity contribution in [2.24, 2.45) is 0 Å². The minimum Gasteiger partial charge on any atom is -0.452 e. The van der Waals surface area contributed by atoms with E-state index in [0.717, 1.165) is 22.1 Å². The van der Waals surface area contributed by atoms with Crippen LogP contribution in [-0.4, -0.2) is 5.78 Å². The highest BCUT2D eigenvalue weighted by atomic mass is 79.9. The molecule has 3 rings (SSSR count). The van der Waals surface area contributed by atoms with Crippen molar-refractivity contribution in [2.45, 2.75) is 12.3 Å². The first-order valence-corrected chi connectivity index (χ1v) is 7.50. The summed E-state index contributed by atoms with van der Waals surface area (Å²) in [6, 6.07) is 15.2. The molecule has 2 aromatic carbocycles. The van der Waals surface area contributed by atoms with E-state index in [2.05, 4.69) is 22.0 Å². The van der Waals surface area contributed by atoms with E-state index in [9.17, 15) is 4.79 Å². The molecule has 3 aromatic rings. The first-order chi connectivity index (χ1) is 9.70. The highest BCUT2D eigenvalue weighted by molar-refractivity contribution is 9.08. The Labute approximate surface area is 125 Å². The van der Waals surface area contributed by atoms with Crippen LogP contribution < -0.4 is 0 Å². The van der Waals surface area contributed by atoms with E-state index < -0.39 is 0 Å². The molecule has 0 aliphatic rings. The summed E-state index contributed by atoms with van der Waals surface area (Å²) in [5, 5.41) is 1.60. The van der Waals surface area contributed by atoms with Gasteiger partial charge in [0.1, 0.15) is 5.58 Å². The molecule has 1 heterocycles. The van der Waals surface area contributed by atoms with Gasteiger partial charge < -0.3 is 4.42 Å². The number of carbonyl (C=O) groups excluding carboxylic acids is 1. The average molecular weight is 329 g/mol. The summed E-state index contributed by atoms with van der Waals surface area (Å²) < 4.78 is 5.78. The van der Waals surface area contributed by atoms with E-state index in [1.807, 2.05) is 37.3 Å². The number of carbonyl (C=O) groups is 1. The van der Waals surface area contributed by atoms with Gasteiger partial charge in [-0.3, -0.25) is 4.79 Å². The Morgan fingerprint density at radius 2 is 1.90 bits per heavy atom. The number of ketones is 1. The van der Waals surface area contributed by atoms with Gasteiger partial charge in [0.05, 0.1) is 0 Å². The van der Waals surface area contributed by atoms with Crippen LogP contribution in [0.15, 0.2) is 52.9 Å². The van der Waals surface area contributed by atoms with Crippen molar-refractivity contribution in [1.29, 1.82) is 0 Å². The zero-order chi connectivity index (χ0) is 14.1.